The smallest absolute Gasteiger partial charge is 0.317 e. The summed E-state index contributed by atoms with van der Waals surface area (Å²) < 4.78 is 0. The van der Waals surface area contributed by atoms with Gasteiger partial charge in [0.1, 0.15) is 0 Å². The highest BCUT2D eigenvalue weighted by Gasteiger charge is 2.09. The van der Waals surface area contributed by atoms with E-state index in [1.54, 1.807) is 0 Å². The monoisotopic (exact) mass is 298 g/mol. The molecule has 2 N–H and O–H groups in total. The Morgan fingerprint density at radius 3 is 2.14 bits per heavy atom. The first-order valence-corrected chi connectivity index (χ1v) is 7.47. The van der Waals surface area contributed by atoms with Gasteiger partial charge in [0.15, 0.2) is 0 Å². The highest BCUT2D eigenvalue weighted by atomic mass is 16.4. The quantitative estimate of drug-likeness (QED) is 0.698. The van der Waals surface area contributed by atoms with E-state index >= 15 is 0 Å². The van der Waals surface area contributed by atoms with E-state index in [-0.39, 0.29) is 6.54 Å². The second kappa shape index (κ2) is 8.97. The SMILES string of the molecule is O=C(O)CN(CCNCc1ccccc1)Cc1ccccc1. The Kier molecular flexibility index (Phi) is 6.61. The van der Waals surface area contributed by atoms with Crippen molar-refractivity contribution in [3.8, 4) is 0 Å². The molecule has 22 heavy (non-hydrogen) atoms. The molecule has 2 aromatic carbocycles. The van der Waals surface area contributed by atoms with Gasteiger partial charge in [-0.15, -0.1) is 0 Å². The van der Waals surface area contributed by atoms with Crippen molar-refractivity contribution in [1.82, 2.24) is 10.2 Å². The molecule has 0 bridgehead atoms. The lowest BCUT2D eigenvalue weighted by Gasteiger charge is -2.20. The van der Waals surface area contributed by atoms with Gasteiger partial charge in [-0.05, 0) is 11.1 Å². The van der Waals surface area contributed by atoms with E-state index in [0.717, 1.165) is 18.7 Å². The summed E-state index contributed by atoms with van der Waals surface area (Å²) in [7, 11) is 0. The number of nitrogens with zero attached hydrogens (tertiary/aromatic N) is 1. The zero-order chi connectivity index (χ0) is 15.6. The molecule has 116 valence electrons. The summed E-state index contributed by atoms with van der Waals surface area (Å²) in [5.41, 5.74) is 2.36. The van der Waals surface area contributed by atoms with Crippen molar-refractivity contribution in [2.24, 2.45) is 0 Å². The highest BCUT2D eigenvalue weighted by Crippen LogP contribution is 2.04. The zero-order valence-corrected chi connectivity index (χ0v) is 12.6. The summed E-state index contributed by atoms with van der Waals surface area (Å²) in [5.74, 6) is -0.793. The molecular formula is C18H22N2O2. The van der Waals surface area contributed by atoms with Gasteiger partial charge in [-0.2, -0.15) is 0 Å². The van der Waals surface area contributed by atoms with Crippen LogP contribution in [0.5, 0.6) is 0 Å². The molecule has 4 nitrogen and oxygen atoms in total. The van der Waals surface area contributed by atoms with E-state index in [9.17, 15) is 4.79 Å². The Balaban J connectivity index is 1.78. The number of carboxylic acids is 1. The fourth-order valence-electron chi connectivity index (χ4n) is 2.31. The predicted molar refractivity (Wildman–Crippen MR) is 87.5 cm³/mol. The van der Waals surface area contributed by atoms with Gasteiger partial charge in [-0.25, -0.2) is 0 Å². The third kappa shape index (κ3) is 6.08. The average Bonchev–Trinajstić information content (AvgIpc) is 2.53. The number of rotatable bonds is 9. The van der Waals surface area contributed by atoms with Gasteiger partial charge >= 0.3 is 5.97 Å². The topological polar surface area (TPSA) is 52.6 Å². The van der Waals surface area contributed by atoms with E-state index in [4.69, 9.17) is 5.11 Å². The van der Waals surface area contributed by atoms with Gasteiger partial charge in [-0.1, -0.05) is 60.7 Å². The summed E-state index contributed by atoms with van der Waals surface area (Å²) >= 11 is 0. The van der Waals surface area contributed by atoms with Crippen LogP contribution in [0.25, 0.3) is 0 Å². The lowest BCUT2D eigenvalue weighted by Crippen LogP contribution is -2.35. The number of hydrogen-bond acceptors (Lipinski definition) is 3. The third-order valence-electron chi connectivity index (χ3n) is 3.38. The van der Waals surface area contributed by atoms with E-state index in [0.29, 0.717) is 13.1 Å². The zero-order valence-electron chi connectivity index (χ0n) is 12.6. The Hall–Kier alpha value is -2.17. The standard InChI is InChI=1S/C18H22N2O2/c21-18(22)15-20(14-17-9-5-2-6-10-17)12-11-19-13-16-7-3-1-4-8-16/h1-10,19H,11-15H2,(H,21,22). The van der Waals surface area contributed by atoms with Gasteiger partial charge in [0.2, 0.25) is 0 Å². The van der Waals surface area contributed by atoms with Crippen LogP contribution in [0.15, 0.2) is 60.7 Å². The Labute approximate surface area is 131 Å². The van der Waals surface area contributed by atoms with Crippen molar-refractivity contribution in [2.45, 2.75) is 13.1 Å². The van der Waals surface area contributed by atoms with Crippen LogP contribution in [0.2, 0.25) is 0 Å². The van der Waals surface area contributed by atoms with Crippen LogP contribution in [0.3, 0.4) is 0 Å². The average molecular weight is 298 g/mol. The molecule has 2 rings (SSSR count). The van der Waals surface area contributed by atoms with Crippen molar-refractivity contribution in [3.63, 3.8) is 0 Å². The van der Waals surface area contributed by atoms with Crippen LogP contribution in [0.1, 0.15) is 11.1 Å². The largest absolute Gasteiger partial charge is 0.480 e. The molecule has 0 saturated carbocycles. The molecule has 0 aliphatic heterocycles. The first-order valence-electron chi connectivity index (χ1n) is 7.47. The number of benzene rings is 2. The minimum absolute atomic E-state index is 0.0575. The van der Waals surface area contributed by atoms with E-state index in [1.807, 2.05) is 53.4 Å². The molecule has 0 unspecified atom stereocenters. The Bertz CT molecular complexity index is 558. The molecule has 0 atom stereocenters. The van der Waals surface area contributed by atoms with Gasteiger partial charge in [-0.3, -0.25) is 9.69 Å². The molecule has 0 saturated heterocycles. The van der Waals surface area contributed by atoms with E-state index < -0.39 is 5.97 Å². The Morgan fingerprint density at radius 1 is 0.955 bits per heavy atom. The number of carboxylic acid groups (broad SMARTS) is 1. The fraction of sp³-hybridized carbons (Fsp3) is 0.278. The summed E-state index contributed by atoms with van der Waals surface area (Å²) in [6.45, 7) is 2.97. The van der Waals surface area contributed by atoms with Gasteiger partial charge in [0.25, 0.3) is 0 Å². The van der Waals surface area contributed by atoms with Crippen molar-refractivity contribution in [1.29, 1.82) is 0 Å². The number of aliphatic carboxylic acids is 1. The van der Waals surface area contributed by atoms with Crippen molar-refractivity contribution >= 4 is 5.97 Å². The van der Waals surface area contributed by atoms with Crippen molar-refractivity contribution in [2.75, 3.05) is 19.6 Å². The molecule has 0 heterocycles. The Morgan fingerprint density at radius 2 is 1.55 bits per heavy atom. The van der Waals surface area contributed by atoms with Crippen LogP contribution >= 0.6 is 0 Å². The highest BCUT2D eigenvalue weighted by molar-refractivity contribution is 5.69. The van der Waals surface area contributed by atoms with Crippen LogP contribution in [-0.4, -0.2) is 35.6 Å². The maximum absolute atomic E-state index is 11.0. The molecular weight excluding hydrogens is 276 g/mol. The normalized spacial score (nSPS) is 10.8. The predicted octanol–water partition coefficient (Wildman–Crippen LogP) is 2.36. The maximum atomic E-state index is 11.0. The lowest BCUT2D eigenvalue weighted by atomic mass is 10.2. The molecule has 0 aliphatic carbocycles. The fourth-order valence-corrected chi connectivity index (χ4v) is 2.31. The summed E-state index contributed by atoms with van der Waals surface area (Å²) in [6.07, 6.45) is 0. The van der Waals surface area contributed by atoms with Crippen molar-refractivity contribution in [3.05, 3.63) is 71.8 Å². The summed E-state index contributed by atoms with van der Waals surface area (Å²) in [4.78, 5) is 12.9. The van der Waals surface area contributed by atoms with Crippen LogP contribution in [-0.2, 0) is 17.9 Å². The first kappa shape index (κ1) is 16.2. The summed E-state index contributed by atoms with van der Waals surface area (Å²) in [5, 5.41) is 12.4. The van der Waals surface area contributed by atoms with Gasteiger partial charge in [0.05, 0.1) is 6.54 Å². The van der Waals surface area contributed by atoms with Crippen LogP contribution in [0.4, 0.5) is 0 Å². The van der Waals surface area contributed by atoms with Gasteiger partial charge < -0.3 is 10.4 Å². The summed E-state index contributed by atoms with van der Waals surface area (Å²) in [6, 6.07) is 20.1. The molecule has 0 spiro atoms. The molecule has 0 aromatic heterocycles. The van der Waals surface area contributed by atoms with Gasteiger partial charge in [0, 0.05) is 26.2 Å². The number of hydrogen-bond donors (Lipinski definition) is 2. The second-order valence-electron chi connectivity index (χ2n) is 5.25. The van der Waals surface area contributed by atoms with Crippen LogP contribution in [0, 0.1) is 0 Å². The molecule has 0 aliphatic rings. The first-order chi connectivity index (χ1) is 10.7. The molecule has 4 heteroatoms. The molecule has 2 aromatic rings. The minimum Gasteiger partial charge on any atom is -0.480 e. The minimum atomic E-state index is -0.793. The third-order valence-corrected chi connectivity index (χ3v) is 3.38. The molecule has 0 amide bonds. The number of nitrogens with one attached hydrogen (secondary N) is 1. The van der Waals surface area contributed by atoms with E-state index in [1.165, 1.54) is 5.56 Å². The molecule has 0 fully saturated rings. The maximum Gasteiger partial charge on any atom is 0.317 e. The van der Waals surface area contributed by atoms with Crippen molar-refractivity contribution < 1.29 is 9.90 Å². The lowest BCUT2D eigenvalue weighted by molar-refractivity contribution is -0.138. The van der Waals surface area contributed by atoms with E-state index in [2.05, 4.69) is 17.4 Å². The van der Waals surface area contributed by atoms with Crippen LogP contribution < -0.4 is 5.32 Å². The molecule has 0 radical (unpaired) electrons. The number of carbonyl (C=O) groups is 1. The second-order valence-corrected chi connectivity index (χ2v) is 5.25.